The lowest BCUT2D eigenvalue weighted by Crippen LogP contribution is -2.00. The number of hydrogen-bond acceptors (Lipinski definition) is 2. The molecule has 16 heavy (non-hydrogen) atoms. The number of thiophene rings is 1. The number of halogens is 2. The van der Waals surface area contributed by atoms with Crippen molar-refractivity contribution in [2.75, 3.05) is 6.61 Å². The van der Waals surface area contributed by atoms with E-state index >= 15 is 0 Å². The Labute approximate surface area is 112 Å². The van der Waals surface area contributed by atoms with E-state index in [4.69, 9.17) is 16.3 Å². The summed E-state index contributed by atoms with van der Waals surface area (Å²) in [7, 11) is 0. The Morgan fingerprint density at radius 3 is 2.94 bits per heavy atom. The van der Waals surface area contributed by atoms with Crippen LogP contribution in [-0.2, 0) is 6.42 Å². The van der Waals surface area contributed by atoms with Gasteiger partial charge in [0.1, 0.15) is 5.75 Å². The molecule has 0 spiro atoms. The zero-order valence-corrected chi connectivity index (χ0v) is 11.6. The first-order valence-electron chi connectivity index (χ1n) is 4.84. The van der Waals surface area contributed by atoms with Crippen molar-refractivity contribution in [2.24, 2.45) is 0 Å². The van der Waals surface area contributed by atoms with Crippen LogP contribution in [-0.4, -0.2) is 6.61 Å². The second kappa shape index (κ2) is 5.71. The van der Waals surface area contributed by atoms with E-state index in [2.05, 4.69) is 32.8 Å². The van der Waals surface area contributed by atoms with Crippen LogP contribution >= 0.6 is 38.9 Å². The number of ether oxygens (including phenoxy) is 1. The van der Waals surface area contributed by atoms with Gasteiger partial charge in [0.05, 0.1) is 11.6 Å². The van der Waals surface area contributed by atoms with Crippen LogP contribution in [0, 0.1) is 0 Å². The van der Waals surface area contributed by atoms with Crippen LogP contribution in [0.15, 0.2) is 39.5 Å². The molecule has 1 aromatic carbocycles. The van der Waals surface area contributed by atoms with Crippen LogP contribution in [0.2, 0.25) is 5.02 Å². The van der Waals surface area contributed by atoms with Gasteiger partial charge in [0.15, 0.2) is 0 Å². The van der Waals surface area contributed by atoms with Crippen molar-refractivity contribution in [1.29, 1.82) is 0 Å². The summed E-state index contributed by atoms with van der Waals surface area (Å²) in [5, 5.41) is 4.85. The summed E-state index contributed by atoms with van der Waals surface area (Å²) in [6.07, 6.45) is 0.909. The second-order valence-corrected chi connectivity index (χ2v) is 5.41. The van der Waals surface area contributed by atoms with Crippen molar-refractivity contribution in [3.63, 3.8) is 0 Å². The van der Waals surface area contributed by atoms with Crippen molar-refractivity contribution in [1.82, 2.24) is 0 Å². The molecule has 1 aromatic heterocycles. The highest BCUT2D eigenvalue weighted by molar-refractivity contribution is 9.10. The van der Waals surface area contributed by atoms with E-state index in [1.807, 2.05) is 18.2 Å². The molecule has 0 saturated carbocycles. The molecule has 0 atom stereocenters. The molecule has 2 aromatic rings. The standard InChI is InChI=1S/C12H10BrClOS/c13-10-1-2-11(14)12(7-10)15-5-3-9-4-6-16-8-9/h1-2,4,6-8H,3,5H2. The van der Waals surface area contributed by atoms with Crippen LogP contribution in [0.25, 0.3) is 0 Å². The minimum Gasteiger partial charge on any atom is -0.492 e. The Morgan fingerprint density at radius 2 is 2.19 bits per heavy atom. The fourth-order valence-corrected chi connectivity index (χ4v) is 2.52. The van der Waals surface area contributed by atoms with E-state index in [9.17, 15) is 0 Å². The van der Waals surface area contributed by atoms with Gasteiger partial charge >= 0.3 is 0 Å². The van der Waals surface area contributed by atoms with Crippen LogP contribution < -0.4 is 4.74 Å². The molecule has 0 saturated heterocycles. The van der Waals surface area contributed by atoms with Crippen molar-refractivity contribution in [3.8, 4) is 5.75 Å². The fourth-order valence-electron chi connectivity index (χ4n) is 1.30. The molecule has 0 aliphatic carbocycles. The minimum absolute atomic E-state index is 0.646. The lowest BCUT2D eigenvalue weighted by atomic mass is 10.2. The molecule has 1 nitrogen and oxygen atoms in total. The van der Waals surface area contributed by atoms with Crippen molar-refractivity contribution in [3.05, 3.63) is 50.1 Å². The lowest BCUT2D eigenvalue weighted by molar-refractivity contribution is 0.322. The zero-order chi connectivity index (χ0) is 11.4. The van der Waals surface area contributed by atoms with Gasteiger partial charge < -0.3 is 4.74 Å². The Hall–Kier alpha value is -0.510. The molecule has 0 amide bonds. The average molecular weight is 318 g/mol. The highest BCUT2D eigenvalue weighted by Crippen LogP contribution is 2.27. The third-order valence-electron chi connectivity index (χ3n) is 2.12. The molecule has 0 unspecified atom stereocenters. The summed E-state index contributed by atoms with van der Waals surface area (Å²) in [6, 6.07) is 7.71. The molecule has 0 aliphatic heterocycles. The first kappa shape index (κ1) is 12.0. The smallest absolute Gasteiger partial charge is 0.139 e. The van der Waals surface area contributed by atoms with Crippen molar-refractivity contribution < 1.29 is 4.74 Å². The maximum Gasteiger partial charge on any atom is 0.139 e. The fraction of sp³-hybridized carbons (Fsp3) is 0.167. The van der Waals surface area contributed by atoms with Gasteiger partial charge in [0, 0.05) is 10.9 Å². The molecule has 1 heterocycles. The summed E-state index contributed by atoms with van der Waals surface area (Å²) in [4.78, 5) is 0. The van der Waals surface area contributed by atoms with Gasteiger partial charge in [-0.25, -0.2) is 0 Å². The molecule has 4 heteroatoms. The van der Waals surface area contributed by atoms with E-state index in [0.717, 1.165) is 16.6 Å². The molecule has 0 radical (unpaired) electrons. The maximum absolute atomic E-state index is 6.01. The van der Waals surface area contributed by atoms with E-state index in [-0.39, 0.29) is 0 Å². The first-order valence-corrected chi connectivity index (χ1v) is 6.96. The molecular weight excluding hydrogens is 308 g/mol. The maximum atomic E-state index is 6.01. The van der Waals surface area contributed by atoms with Gasteiger partial charge in [-0.2, -0.15) is 11.3 Å². The molecule has 2 rings (SSSR count). The Morgan fingerprint density at radius 1 is 1.31 bits per heavy atom. The second-order valence-electron chi connectivity index (χ2n) is 3.30. The predicted molar refractivity (Wildman–Crippen MR) is 72.7 cm³/mol. The Bertz CT molecular complexity index is 456. The topological polar surface area (TPSA) is 9.23 Å². The lowest BCUT2D eigenvalue weighted by Gasteiger charge is -2.07. The van der Waals surface area contributed by atoms with Gasteiger partial charge in [-0.3, -0.25) is 0 Å². The molecule has 84 valence electrons. The third-order valence-corrected chi connectivity index (χ3v) is 3.66. The summed E-state index contributed by atoms with van der Waals surface area (Å²) in [5.41, 5.74) is 1.30. The molecule has 0 bridgehead atoms. The van der Waals surface area contributed by atoms with Crippen LogP contribution in [0.3, 0.4) is 0 Å². The van der Waals surface area contributed by atoms with E-state index in [1.165, 1.54) is 5.56 Å². The average Bonchev–Trinajstić information content (AvgIpc) is 2.76. The van der Waals surface area contributed by atoms with Crippen LogP contribution in [0.1, 0.15) is 5.56 Å². The largest absolute Gasteiger partial charge is 0.492 e. The number of benzene rings is 1. The van der Waals surface area contributed by atoms with Gasteiger partial charge in [-0.15, -0.1) is 0 Å². The zero-order valence-electron chi connectivity index (χ0n) is 8.45. The normalized spacial score (nSPS) is 10.4. The molecule has 0 N–H and O–H groups in total. The highest BCUT2D eigenvalue weighted by atomic mass is 79.9. The summed E-state index contributed by atoms with van der Waals surface area (Å²) >= 11 is 11.1. The SMILES string of the molecule is Clc1ccc(Br)cc1OCCc1ccsc1. The van der Waals surface area contributed by atoms with E-state index < -0.39 is 0 Å². The number of rotatable bonds is 4. The summed E-state index contributed by atoms with van der Waals surface area (Å²) in [5.74, 6) is 0.728. The molecule has 0 aliphatic rings. The van der Waals surface area contributed by atoms with Gasteiger partial charge in [-0.05, 0) is 40.6 Å². The van der Waals surface area contributed by atoms with E-state index in [0.29, 0.717) is 11.6 Å². The molecule has 0 fully saturated rings. The van der Waals surface area contributed by atoms with Crippen LogP contribution in [0.4, 0.5) is 0 Å². The Kier molecular flexibility index (Phi) is 4.27. The van der Waals surface area contributed by atoms with Crippen molar-refractivity contribution in [2.45, 2.75) is 6.42 Å². The number of hydrogen-bond donors (Lipinski definition) is 0. The predicted octanol–water partition coefficient (Wildman–Crippen LogP) is 4.79. The van der Waals surface area contributed by atoms with Gasteiger partial charge in [-0.1, -0.05) is 27.5 Å². The first-order chi connectivity index (χ1) is 7.75. The minimum atomic E-state index is 0.646. The van der Waals surface area contributed by atoms with E-state index in [1.54, 1.807) is 11.3 Å². The summed E-state index contributed by atoms with van der Waals surface area (Å²) in [6.45, 7) is 0.646. The third kappa shape index (κ3) is 3.24. The quantitative estimate of drug-likeness (QED) is 0.788. The highest BCUT2D eigenvalue weighted by Gasteiger charge is 2.02. The van der Waals surface area contributed by atoms with Gasteiger partial charge in [0.25, 0.3) is 0 Å². The monoisotopic (exact) mass is 316 g/mol. The molecular formula is C12H10BrClOS. The van der Waals surface area contributed by atoms with Crippen LogP contribution in [0.5, 0.6) is 5.75 Å². The summed E-state index contributed by atoms with van der Waals surface area (Å²) < 4.78 is 6.61. The van der Waals surface area contributed by atoms with Gasteiger partial charge in [0.2, 0.25) is 0 Å². The Balaban J connectivity index is 1.92. The van der Waals surface area contributed by atoms with Crippen molar-refractivity contribution >= 4 is 38.9 Å².